The van der Waals surface area contributed by atoms with E-state index < -0.39 is 12.2 Å². The van der Waals surface area contributed by atoms with Gasteiger partial charge in [0.15, 0.2) is 0 Å². The van der Waals surface area contributed by atoms with Gasteiger partial charge in [-0.1, -0.05) is 0 Å². The normalized spacial score (nSPS) is 9.95. The molecule has 0 saturated carbocycles. The fourth-order valence-electron chi connectivity index (χ4n) is 1.61. The van der Waals surface area contributed by atoms with Gasteiger partial charge in [0.2, 0.25) is 0 Å². The lowest BCUT2D eigenvalue weighted by Gasteiger charge is -2.21. The van der Waals surface area contributed by atoms with Crippen LogP contribution in [-0.4, -0.2) is 60.2 Å². The third-order valence-electron chi connectivity index (χ3n) is 2.60. The molecule has 1 aromatic carbocycles. The van der Waals surface area contributed by atoms with Gasteiger partial charge in [-0.3, -0.25) is 0 Å². The lowest BCUT2D eigenvalue weighted by atomic mass is 10.3. The summed E-state index contributed by atoms with van der Waals surface area (Å²) in [5, 5.41) is 20.4. The van der Waals surface area contributed by atoms with Crippen LogP contribution in [0.1, 0.15) is 6.92 Å². The van der Waals surface area contributed by atoms with E-state index in [0.29, 0.717) is 11.4 Å². The fourth-order valence-corrected chi connectivity index (χ4v) is 1.61. The molecule has 22 heavy (non-hydrogen) atoms. The van der Waals surface area contributed by atoms with Crippen LogP contribution in [0, 0.1) is 0 Å². The molecule has 0 heterocycles. The van der Waals surface area contributed by atoms with E-state index in [4.69, 9.17) is 14.9 Å². The summed E-state index contributed by atoms with van der Waals surface area (Å²) in [6, 6.07) is 5.69. The zero-order valence-electron chi connectivity index (χ0n) is 12.3. The number of aliphatic hydroxyl groups excluding tert-OH is 2. The van der Waals surface area contributed by atoms with E-state index in [1.54, 1.807) is 19.1 Å². The second-order valence-corrected chi connectivity index (χ2v) is 4.17. The Morgan fingerprint density at radius 2 is 1.73 bits per heavy atom. The maximum absolute atomic E-state index is 11.9. The number of amides is 2. The topological polar surface area (TPSA) is 108 Å². The molecule has 8 nitrogen and oxygen atoms in total. The van der Waals surface area contributed by atoms with Crippen molar-refractivity contribution in [2.24, 2.45) is 0 Å². The Labute approximate surface area is 128 Å². The third kappa shape index (κ3) is 5.98. The van der Waals surface area contributed by atoms with E-state index in [9.17, 15) is 9.59 Å². The van der Waals surface area contributed by atoms with Crippen LogP contribution >= 0.6 is 0 Å². The fraction of sp³-hybridized carbons (Fsp3) is 0.429. The number of hydrogen-bond donors (Lipinski definition) is 3. The van der Waals surface area contributed by atoms with Gasteiger partial charge in [-0.15, -0.1) is 0 Å². The molecule has 0 spiro atoms. The number of nitrogens with zero attached hydrogens (tertiary/aromatic N) is 1. The van der Waals surface area contributed by atoms with E-state index in [1.807, 2.05) is 0 Å². The Morgan fingerprint density at radius 1 is 1.14 bits per heavy atom. The van der Waals surface area contributed by atoms with Gasteiger partial charge in [0, 0.05) is 18.8 Å². The Bertz CT molecular complexity index is 471. The SMILES string of the molecule is CCOC(=O)Oc1ccc(NC(=O)N(CCO)CCO)cc1. The number of hydrogen-bond acceptors (Lipinski definition) is 6. The van der Waals surface area contributed by atoms with Crippen molar-refractivity contribution in [2.45, 2.75) is 6.92 Å². The molecular formula is C14H20N2O6. The molecule has 3 N–H and O–H groups in total. The average Bonchev–Trinajstić information content (AvgIpc) is 2.49. The summed E-state index contributed by atoms with van der Waals surface area (Å²) in [4.78, 5) is 24.3. The third-order valence-corrected chi connectivity index (χ3v) is 2.60. The Kier molecular flexibility index (Phi) is 7.73. The highest BCUT2D eigenvalue weighted by atomic mass is 16.7. The first-order chi connectivity index (χ1) is 10.6. The number of urea groups is 1. The van der Waals surface area contributed by atoms with Crippen LogP contribution in [-0.2, 0) is 4.74 Å². The number of ether oxygens (including phenoxy) is 2. The Morgan fingerprint density at radius 3 is 2.23 bits per heavy atom. The highest BCUT2D eigenvalue weighted by molar-refractivity contribution is 5.89. The minimum Gasteiger partial charge on any atom is -0.434 e. The van der Waals surface area contributed by atoms with E-state index in [2.05, 4.69) is 10.1 Å². The van der Waals surface area contributed by atoms with Crippen molar-refractivity contribution in [1.82, 2.24) is 4.90 Å². The van der Waals surface area contributed by atoms with E-state index in [-0.39, 0.29) is 32.9 Å². The van der Waals surface area contributed by atoms with Crippen molar-refractivity contribution in [3.63, 3.8) is 0 Å². The van der Waals surface area contributed by atoms with Crippen molar-refractivity contribution in [3.05, 3.63) is 24.3 Å². The molecule has 0 unspecified atom stereocenters. The first-order valence-electron chi connectivity index (χ1n) is 6.83. The van der Waals surface area contributed by atoms with Crippen molar-refractivity contribution in [3.8, 4) is 5.75 Å². The Balaban J connectivity index is 2.59. The largest absolute Gasteiger partial charge is 0.513 e. The predicted octanol–water partition coefficient (Wildman–Crippen LogP) is 1.04. The van der Waals surface area contributed by atoms with Crippen LogP contribution in [0.5, 0.6) is 5.75 Å². The van der Waals surface area contributed by atoms with Gasteiger partial charge in [-0.05, 0) is 31.2 Å². The summed E-state index contributed by atoms with van der Waals surface area (Å²) >= 11 is 0. The van der Waals surface area contributed by atoms with Crippen molar-refractivity contribution < 1.29 is 29.3 Å². The number of carbonyl (C=O) groups is 2. The molecule has 0 saturated heterocycles. The molecule has 0 radical (unpaired) electrons. The molecule has 0 aromatic heterocycles. The average molecular weight is 312 g/mol. The number of carbonyl (C=O) groups excluding carboxylic acids is 2. The highest BCUT2D eigenvalue weighted by Crippen LogP contribution is 2.16. The minimum atomic E-state index is -0.795. The highest BCUT2D eigenvalue weighted by Gasteiger charge is 2.12. The molecule has 122 valence electrons. The maximum Gasteiger partial charge on any atom is 0.513 e. The second-order valence-electron chi connectivity index (χ2n) is 4.17. The Hall–Kier alpha value is -2.32. The molecule has 8 heteroatoms. The zero-order chi connectivity index (χ0) is 16.4. The van der Waals surface area contributed by atoms with Gasteiger partial charge >= 0.3 is 12.2 Å². The minimum absolute atomic E-state index is 0.121. The van der Waals surface area contributed by atoms with E-state index in [1.165, 1.54) is 17.0 Å². The van der Waals surface area contributed by atoms with E-state index >= 15 is 0 Å². The molecule has 0 atom stereocenters. The van der Waals surface area contributed by atoms with Gasteiger partial charge in [0.05, 0.1) is 19.8 Å². The lowest BCUT2D eigenvalue weighted by Crippen LogP contribution is -2.38. The van der Waals surface area contributed by atoms with Crippen LogP contribution in [0.25, 0.3) is 0 Å². The van der Waals surface area contributed by atoms with E-state index in [0.717, 1.165) is 0 Å². The van der Waals surface area contributed by atoms with Crippen molar-refractivity contribution in [1.29, 1.82) is 0 Å². The van der Waals surface area contributed by atoms with Crippen molar-refractivity contribution in [2.75, 3.05) is 38.2 Å². The van der Waals surface area contributed by atoms with Gasteiger partial charge in [0.1, 0.15) is 5.75 Å². The van der Waals surface area contributed by atoms with Gasteiger partial charge in [0.25, 0.3) is 0 Å². The summed E-state index contributed by atoms with van der Waals surface area (Å²) in [7, 11) is 0. The van der Waals surface area contributed by atoms with Crippen LogP contribution in [0.4, 0.5) is 15.3 Å². The number of nitrogens with one attached hydrogen (secondary N) is 1. The maximum atomic E-state index is 11.9. The van der Waals surface area contributed by atoms with Gasteiger partial charge in [-0.2, -0.15) is 0 Å². The molecule has 0 aliphatic rings. The summed E-state index contributed by atoms with van der Waals surface area (Å²) in [6.45, 7) is 1.75. The van der Waals surface area contributed by atoms with Crippen molar-refractivity contribution >= 4 is 17.9 Å². The first-order valence-corrected chi connectivity index (χ1v) is 6.83. The number of aliphatic hydroxyl groups is 2. The number of benzene rings is 1. The molecule has 0 aliphatic heterocycles. The summed E-state index contributed by atoms with van der Waals surface area (Å²) < 4.78 is 9.53. The predicted molar refractivity (Wildman–Crippen MR) is 78.9 cm³/mol. The lowest BCUT2D eigenvalue weighted by molar-refractivity contribution is 0.104. The van der Waals surface area contributed by atoms with Crippen LogP contribution < -0.4 is 10.1 Å². The van der Waals surface area contributed by atoms with Crippen LogP contribution in [0.2, 0.25) is 0 Å². The zero-order valence-corrected chi connectivity index (χ0v) is 12.3. The molecule has 1 rings (SSSR count). The molecule has 0 fully saturated rings. The smallest absolute Gasteiger partial charge is 0.434 e. The standard InChI is InChI=1S/C14H20N2O6/c1-2-21-14(20)22-12-5-3-11(4-6-12)15-13(19)16(7-9-17)8-10-18/h3-6,17-18H,2,7-10H2,1H3,(H,15,19). The van der Waals surface area contributed by atoms with Crippen LogP contribution in [0.15, 0.2) is 24.3 Å². The summed E-state index contributed by atoms with van der Waals surface area (Å²) in [5.74, 6) is 0.291. The summed E-state index contributed by atoms with van der Waals surface area (Å²) in [5.41, 5.74) is 0.488. The number of anilines is 1. The second kappa shape index (κ2) is 9.59. The monoisotopic (exact) mass is 312 g/mol. The molecule has 0 aliphatic carbocycles. The first kappa shape index (κ1) is 17.7. The van der Waals surface area contributed by atoms with Gasteiger partial charge < -0.3 is 29.9 Å². The summed E-state index contributed by atoms with van der Waals surface area (Å²) in [6.07, 6.45) is -0.795. The van der Waals surface area contributed by atoms with Crippen LogP contribution in [0.3, 0.4) is 0 Å². The van der Waals surface area contributed by atoms with Gasteiger partial charge in [-0.25, -0.2) is 9.59 Å². The quantitative estimate of drug-likeness (QED) is 0.513. The molecule has 1 aromatic rings. The molecule has 2 amide bonds. The molecular weight excluding hydrogens is 292 g/mol. The number of rotatable bonds is 7. The molecule has 0 bridgehead atoms.